The van der Waals surface area contributed by atoms with Crippen LogP contribution in [0.4, 0.5) is 4.79 Å². The van der Waals surface area contributed by atoms with E-state index in [1.807, 2.05) is 0 Å². The Morgan fingerprint density at radius 3 is 2.38 bits per heavy atom. The normalized spacial score (nSPS) is 19.7. The molecule has 0 saturated heterocycles. The van der Waals surface area contributed by atoms with Gasteiger partial charge < -0.3 is 11.1 Å². The summed E-state index contributed by atoms with van der Waals surface area (Å²) < 4.78 is 0. The van der Waals surface area contributed by atoms with Gasteiger partial charge in [-0.25, -0.2) is 4.79 Å². The van der Waals surface area contributed by atoms with Gasteiger partial charge in [-0.15, -0.1) is 0 Å². The minimum absolute atomic E-state index is 0.0110. The first-order chi connectivity index (χ1) is 7.74. The summed E-state index contributed by atoms with van der Waals surface area (Å²) in [6, 6.07) is -0.298. The van der Waals surface area contributed by atoms with Crippen LogP contribution in [0.25, 0.3) is 0 Å². The lowest BCUT2D eigenvalue weighted by Crippen LogP contribution is -2.35. The van der Waals surface area contributed by atoms with Crippen LogP contribution in [0.3, 0.4) is 0 Å². The zero-order valence-electron chi connectivity index (χ0n) is 10.2. The molecule has 0 aromatic rings. The van der Waals surface area contributed by atoms with Crippen LogP contribution in [0.2, 0.25) is 0 Å². The number of carbonyl (C=O) groups is 1. The molecule has 16 heavy (non-hydrogen) atoms. The Hall–Kier alpha value is -1.06. The number of unbranched alkanes of at least 4 members (excludes halogenated alkanes) is 6. The lowest BCUT2D eigenvalue weighted by Gasteiger charge is -2.09. The molecule has 4 nitrogen and oxygen atoms in total. The first-order valence-electron chi connectivity index (χ1n) is 6.38. The van der Waals surface area contributed by atoms with Gasteiger partial charge in [-0.2, -0.15) is 4.99 Å². The van der Waals surface area contributed by atoms with Crippen LogP contribution in [0, 0.1) is 0 Å². The highest BCUT2D eigenvalue weighted by Gasteiger charge is 2.22. The van der Waals surface area contributed by atoms with Crippen LogP contribution in [0.1, 0.15) is 58.3 Å². The largest absolute Gasteiger partial charge is 0.385 e. The summed E-state index contributed by atoms with van der Waals surface area (Å²) in [7, 11) is 0. The van der Waals surface area contributed by atoms with Crippen molar-refractivity contribution in [1.82, 2.24) is 5.32 Å². The van der Waals surface area contributed by atoms with E-state index in [1.54, 1.807) is 0 Å². The molecule has 3 N–H and O–H groups in total. The summed E-state index contributed by atoms with van der Waals surface area (Å²) in [4.78, 5) is 14.5. The number of carbonyl (C=O) groups excluding carboxylic acids is 1. The van der Waals surface area contributed by atoms with Crippen LogP contribution in [-0.4, -0.2) is 17.9 Å². The Bertz CT molecular complexity index is 251. The van der Waals surface area contributed by atoms with Crippen molar-refractivity contribution in [3.05, 3.63) is 0 Å². The second kappa shape index (κ2) is 7.25. The van der Waals surface area contributed by atoms with E-state index in [0.29, 0.717) is 5.84 Å². The summed E-state index contributed by atoms with van der Waals surface area (Å²) in [5, 5.41) is 2.75. The molecule has 1 rings (SSSR count). The van der Waals surface area contributed by atoms with Crippen molar-refractivity contribution < 1.29 is 4.79 Å². The maximum atomic E-state index is 10.9. The quantitative estimate of drug-likeness (QED) is 0.623. The molecule has 1 atom stereocenters. The molecule has 0 aliphatic carbocycles. The topological polar surface area (TPSA) is 67.5 Å². The third kappa shape index (κ3) is 4.64. The van der Waals surface area contributed by atoms with E-state index in [2.05, 4.69) is 17.2 Å². The molecule has 0 spiro atoms. The van der Waals surface area contributed by atoms with Gasteiger partial charge >= 0.3 is 6.03 Å². The molecule has 2 amide bonds. The standard InChI is InChI=1S/C12H23N3O/c1-2-3-4-5-6-7-8-9-10-11(13)15-12(16)14-10/h10H,2-9H2,1H3,(H3,13,14,15,16). The number of urea groups is 1. The van der Waals surface area contributed by atoms with Gasteiger partial charge in [-0.05, 0) is 6.42 Å². The molecule has 0 fully saturated rings. The molecule has 0 aromatic heterocycles. The smallest absolute Gasteiger partial charge is 0.343 e. The zero-order valence-corrected chi connectivity index (χ0v) is 10.2. The Balaban J connectivity index is 1.96. The van der Waals surface area contributed by atoms with E-state index >= 15 is 0 Å². The molecule has 0 radical (unpaired) electrons. The minimum Gasteiger partial charge on any atom is -0.385 e. The molecular formula is C12H23N3O. The Morgan fingerprint density at radius 1 is 1.19 bits per heavy atom. The summed E-state index contributed by atoms with van der Waals surface area (Å²) >= 11 is 0. The number of nitrogens with one attached hydrogen (secondary N) is 1. The lowest BCUT2D eigenvalue weighted by atomic mass is 10.1. The second-order valence-corrected chi connectivity index (χ2v) is 4.45. The van der Waals surface area contributed by atoms with Crippen molar-refractivity contribution in [2.75, 3.05) is 0 Å². The summed E-state index contributed by atoms with van der Waals surface area (Å²) in [5.41, 5.74) is 5.62. The van der Waals surface area contributed by atoms with Crippen LogP contribution in [0.15, 0.2) is 4.99 Å². The van der Waals surface area contributed by atoms with Crippen molar-refractivity contribution in [3.63, 3.8) is 0 Å². The van der Waals surface area contributed by atoms with Gasteiger partial charge in [0.15, 0.2) is 0 Å². The van der Waals surface area contributed by atoms with Crippen LogP contribution in [0.5, 0.6) is 0 Å². The fraction of sp³-hybridized carbons (Fsp3) is 0.833. The lowest BCUT2D eigenvalue weighted by molar-refractivity contribution is 0.250. The monoisotopic (exact) mass is 225 g/mol. The molecular weight excluding hydrogens is 202 g/mol. The third-order valence-corrected chi connectivity index (χ3v) is 2.98. The maximum Gasteiger partial charge on any atom is 0.343 e. The zero-order chi connectivity index (χ0) is 11.8. The molecule has 1 heterocycles. The number of nitrogens with two attached hydrogens (primary N) is 1. The van der Waals surface area contributed by atoms with Gasteiger partial charge in [-0.1, -0.05) is 51.9 Å². The van der Waals surface area contributed by atoms with Gasteiger partial charge in [-0.3, -0.25) is 0 Å². The number of rotatable bonds is 8. The predicted molar refractivity (Wildman–Crippen MR) is 66.6 cm³/mol. The van der Waals surface area contributed by atoms with E-state index in [1.165, 1.54) is 38.5 Å². The maximum absolute atomic E-state index is 10.9. The molecule has 1 unspecified atom stereocenters. The highest BCUT2D eigenvalue weighted by atomic mass is 16.2. The van der Waals surface area contributed by atoms with Crippen molar-refractivity contribution in [2.45, 2.75) is 64.3 Å². The minimum atomic E-state index is -0.287. The molecule has 0 saturated carbocycles. The highest BCUT2D eigenvalue weighted by Crippen LogP contribution is 2.11. The third-order valence-electron chi connectivity index (χ3n) is 2.98. The number of aliphatic imine (C=N–C) groups is 1. The van der Waals surface area contributed by atoms with Gasteiger partial charge in [0.25, 0.3) is 0 Å². The Labute approximate surface area is 97.7 Å². The van der Waals surface area contributed by atoms with Gasteiger partial charge in [0.1, 0.15) is 5.84 Å². The molecule has 0 bridgehead atoms. The fourth-order valence-electron chi connectivity index (χ4n) is 1.98. The number of nitrogens with zero attached hydrogens (tertiary/aromatic N) is 1. The van der Waals surface area contributed by atoms with Crippen molar-refractivity contribution in [2.24, 2.45) is 10.7 Å². The molecule has 0 aromatic carbocycles. The Morgan fingerprint density at radius 2 is 1.81 bits per heavy atom. The number of amides is 2. The van der Waals surface area contributed by atoms with Crippen LogP contribution >= 0.6 is 0 Å². The SMILES string of the molecule is CCCCCCCCCC1NC(=O)N=C1N. The van der Waals surface area contributed by atoms with E-state index in [-0.39, 0.29) is 12.1 Å². The fourth-order valence-corrected chi connectivity index (χ4v) is 1.98. The summed E-state index contributed by atoms with van der Waals surface area (Å²) in [5.74, 6) is 0.455. The van der Waals surface area contributed by atoms with Gasteiger partial charge in [0, 0.05) is 0 Å². The number of amidine groups is 1. The van der Waals surface area contributed by atoms with Gasteiger partial charge in [0.05, 0.1) is 6.04 Å². The summed E-state index contributed by atoms with van der Waals surface area (Å²) in [6.45, 7) is 2.23. The van der Waals surface area contributed by atoms with Crippen molar-refractivity contribution in [1.29, 1.82) is 0 Å². The first kappa shape index (κ1) is 13.0. The second-order valence-electron chi connectivity index (χ2n) is 4.45. The molecule has 4 heteroatoms. The summed E-state index contributed by atoms with van der Waals surface area (Å²) in [6.07, 6.45) is 9.87. The van der Waals surface area contributed by atoms with E-state index in [9.17, 15) is 4.79 Å². The average Bonchev–Trinajstić information content (AvgIpc) is 2.56. The van der Waals surface area contributed by atoms with Crippen LogP contribution in [-0.2, 0) is 0 Å². The molecule has 1 aliphatic rings. The Kier molecular flexibility index (Phi) is 5.90. The first-order valence-corrected chi connectivity index (χ1v) is 6.38. The number of hydrogen-bond donors (Lipinski definition) is 2. The van der Waals surface area contributed by atoms with Crippen LogP contribution < -0.4 is 11.1 Å². The predicted octanol–water partition coefficient (Wildman–Crippen LogP) is 2.58. The van der Waals surface area contributed by atoms with Crippen molar-refractivity contribution in [3.8, 4) is 0 Å². The molecule has 92 valence electrons. The highest BCUT2D eigenvalue weighted by molar-refractivity contribution is 6.02. The molecule has 1 aliphatic heterocycles. The van der Waals surface area contributed by atoms with Crippen molar-refractivity contribution >= 4 is 11.9 Å². The average molecular weight is 225 g/mol. The van der Waals surface area contributed by atoms with E-state index < -0.39 is 0 Å². The van der Waals surface area contributed by atoms with E-state index in [4.69, 9.17) is 5.73 Å². The number of hydrogen-bond acceptors (Lipinski definition) is 2. The van der Waals surface area contributed by atoms with E-state index in [0.717, 1.165) is 12.8 Å². The van der Waals surface area contributed by atoms with Gasteiger partial charge in [0.2, 0.25) is 0 Å².